The molecule has 0 bridgehead atoms. The van der Waals surface area contributed by atoms with Crippen LogP contribution >= 0.6 is 0 Å². The summed E-state index contributed by atoms with van der Waals surface area (Å²) in [6, 6.07) is 19.4. The molecule has 25 heavy (non-hydrogen) atoms. The zero-order valence-corrected chi connectivity index (χ0v) is 13.3. The van der Waals surface area contributed by atoms with Crippen LogP contribution < -0.4 is 5.43 Å². The lowest BCUT2D eigenvalue weighted by Crippen LogP contribution is -2.18. The Morgan fingerprint density at radius 3 is 2.64 bits per heavy atom. The smallest absolute Gasteiger partial charge is 0.288 e. The summed E-state index contributed by atoms with van der Waals surface area (Å²) < 4.78 is 4.96. The first kappa shape index (κ1) is 15.0. The third kappa shape index (κ3) is 2.95. The second-order valence-corrected chi connectivity index (χ2v) is 5.54. The van der Waals surface area contributed by atoms with E-state index in [2.05, 4.69) is 15.5 Å². The molecule has 0 spiro atoms. The number of fused-ring (bicyclic) bond motifs is 1. The second kappa shape index (κ2) is 6.49. The van der Waals surface area contributed by atoms with Gasteiger partial charge in [0.05, 0.1) is 18.7 Å². The van der Waals surface area contributed by atoms with Crippen LogP contribution in [0.25, 0.3) is 22.0 Å². The maximum atomic E-state index is 12.7. The van der Waals surface area contributed by atoms with Gasteiger partial charge in [0, 0.05) is 22.0 Å². The van der Waals surface area contributed by atoms with Gasteiger partial charge in [0.15, 0.2) is 0 Å². The highest BCUT2D eigenvalue weighted by Gasteiger charge is 2.18. The van der Waals surface area contributed by atoms with Crippen LogP contribution in [0.15, 0.2) is 82.7 Å². The highest BCUT2D eigenvalue weighted by atomic mass is 16.3. The summed E-state index contributed by atoms with van der Waals surface area (Å²) in [6.45, 7) is 0. The van der Waals surface area contributed by atoms with Crippen molar-refractivity contribution in [2.45, 2.75) is 0 Å². The van der Waals surface area contributed by atoms with Crippen LogP contribution in [0.2, 0.25) is 0 Å². The van der Waals surface area contributed by atoms with E-state index in [1.165, 1.54) is 6.21 Å². The van der Waals surface area contributed by atoms with Gasteiger partial charge in [0.25, 0.3) is 5.91 Å². The molecule has 0 unspecified atom stereocenters. The van der Waals surface area contributed by atoms with Crippen LogP contribution in [0.1, 0.15) is 16.1 Å². The molecule has 2 N–H and O–H groups in total. The molecule has 0 fully saturated rings. The van der Waals surface area contributed by atoms with Crippen LogP contribution in [-0.2, 0) is 0 Å². The van der Waals surface area contributed by atoms with Crippen molar-refractivity contribution in [3.05, 3.63) is 84.4 Å². The van der Waals surface area contributed by atoms with Crippen molar-refractivity contribution in [2.24, 2.45) is 5.10 Å². The summed E-state index contributed by atoms with van der Waals surface area (Å²) in [6.07, 6.45) is 4.63. The Bertz CT molecular complexity index is 1030. The van der Waals surface area contributed by atoms with E-state index in [1.54, 1.807) is 18.6 Å². The standard InChI is InChI=1S/C20H15N3O2/c24-20(23-21-12-14-10-11-25-13-14)19-18(15-6-2-1-3-7-15)16-8-4-5-9-17(16)22-19/h1-13,22H,(H,23,24)/b21-12-. The van der Waals surface area contributed by atoms with Gasteiger partial charge in [0.1, 0.15) is 5.69 Å². The molecule has 2 aromatic heterocycles. The molecule has 0 aliphatic carbocycles. The monoisotopic (exact) mass is 329 g/mol. The molecule has 0 aliphatic rings. The van der Waals surface area contributed by atoms with E-state index in [1.807, 2.05) is 54.6 Å². The molecule has 0 radical (unpaired) electrons. The van der Waals surface area contributed by atoms with Crippen molar-refractivity contribution in [3.63, 3.8) is 0 Å². The van der Waals surface area contributed by atoms with Crippen LogP contribution in [0.4, 0.5) is 0 Å². The number of benzene rings is 2. The van der Waals surface area contributed by atoms with Gasteiger partial charge in [0.2, 0.25) is 0 Å². The van der Waals surface area contributed by atoms with Gasteiger partial charge in [-0.3, -0.25) is 4.79 Å². The number of amides is 1. The predicted molar refractivity (Wildman–Crippen MR) is 97.5 cm³/mol. The minimum Gasteiger partial charge on any atom is -0.472 e. The molecular weight excluding hydrogens is 314 g/mol. The number of hydrogen-bond donors (Lipinski definition) is 2. The number of H-pyrrole nitrogens is 1. The topological polar surface area (TPSA) is 70.4 Å². The molecule has 122 valence electrons. The molecular formula is C20H15N3O2. The van der Waals surface area contributed by atoms with Gasteiger partial charge < -0.3 is 9.40 Å². The van der Waals surface area contributed by atoms with E-state index in [0.717, 1.165) is 27.6 Å². The number of aromatic amines is 1. The van der Waals surface area contributed by atoms with E-state index in [4.69, 9.17) is 4.42 Å². The number of nitrogens with one attached hydrogen (secondary N) is 2. The molecule has 2 heterocycles. The largest absolute Gasteiger partial charge is 0.472 e. The second-order valence-electron chi connectivity index (χ2n) is 5.54. The van der Waals surface area contributed by atoms with E-state index in [9.17, 15) is 4.79 Å². The number of nitrogens with zero attached hydrogens (tertiary/aromatic N) is 1. The Balaban J connectivity index is 1.72. The Kier molecular flexibility index (Phi) is 3.88. The van der Waals surface area contributed by atoms with Gasteiger partial charge >= 0.3 is 0 Å². The third-order valence-electron chi connectivity index (χ3n) is 3.92. The molecule has 5 heteroatoms. The lowest BCUT2D eigenvalue weighted by Gasteiger charge is -2.04. The summed E-state index contributed by atoms with van der Waals surface area (Å²) in [5, 5.41) is 4.99. The molecule has 0 saturated carbocycles. The molecule has 0 saturated heterocycles. The van der Waals surface area contributed by atoms with Gasteiger partial charge in [-0.25, -0.2) is 5.43 Å². The summed E-state index contributed by atoms with van der Waals surface area (Å²) in [5.74, 6) is -0.296. The average molecular weight is 329 g/mol. The maximum absolute atomic E-state index is 12.7. The van der Waals surface area contributed by atoms with Gasteiger partial charge in [-0.2, -0.15) is 5.10 Å². The van der Waals surface area contributed by atoms with E-state index in [0.29, 0.717) is 5.69 Å². The number of aromatic nitrogens is 1. The maximum Gasteiger partial charge on any atom is 0.288 e. The Morgan fingerprint density at radius 1 is 1.04 bits per heavy atom. The summed E-state index contributed by atoms with van der Waals surface area (Å²) in [5.41, 5.74) is 6.58. The normalized spacial score (nSPS) is 11.2. The number of carbonyl (C=O) groups is 1. The van der Waals surface area contributed by atoms with Gasteiger partial charge in [-0.15, -0.1) is 0 Å². The Hall–Kier alpha value is -3.60. The van der Waals surface area contributed by atoms with E-state index < -0.39 is 0 Å². The highest BCUT2D eigenvalue weighted by Crippen LogP contribution is 2.32. The minimum atomic E-state index is -0.296. The number of carbonyl (C=O) groups excluding carboxylic acids is 1. The Labute approximate surface area is 144 Å². The SMILES string of the molecule is O=C(N/N=C\c1ccoc1)c1[nH]c2ccccc2c1-c1ccccc1. The van der Waals surface area contributed by atoms with Crippen molar-refractivity contribution >= 4 is 23.0 Å². The van der Waals surface area contributed by atoms with Gasteiger partial charge in [-0.1, -0.05) is 48.5 Å². The molecule has 0 aliphatic heterocycles. The van der Waals surface area contributed by atoms with Crippen LogP contribution in [0, 0.1) is 0 Å². The minimum absolute atomic E-state index is 0.296. The van der Waals surface area contributed by atoms with Crippen molar-refractivity contribution in [1.82, 2.24) is 10.4 Å². The molecule has 1 amide bonds. The number of hydrazone groups is 1. The predicted octanol–water partition coefficient (Wildman–Crippen LogP) is 4.19. The lowest BCUT2D eigenvalue weighted by atomic mass is 10.0. The fraction of sp³-hybridized carbons (Fsp3) is 0. The third-order valence-corrected chi connectivity index (χ3v) is 3.92. The van der Waals surface area contributed by atoms with Crippen LogP contribution in [-0.4, -0.2) is 17.1 Å². The van der Waals surface area contributed by atoms with Crippen LogP contribution in [0.3, 0.4) is 0 Å². The summed E-state index contributed by atoms with van der Waals surface area (Å²) in [4.78, 5) is 15.9. The van der Waals surface area contributed by atoms with Crippen molar-refractivity contribution in [1.29, 1.82) is 0 Å². The first-order chi connectivity index (χ1) is 12.3. The molecule has 4 rings (SSSR count). The first-order valence-electron chi connectivity index (χ1n) is 7.84. The first-order valence-corrected chi connectivity index (χ1v) is 7.84. The molecule has 5 nitrogen and oxygen atoms in total. The van der Waals surface area contributed by atoms with Crippen molar-refractivity contribution in [2.75, 3.05) is 0 Å². The molecule has 4 aromatic rings. The fourth-order valence-electron chi connectivity index (χ4n) is 2.79. The number of rotatable bonds is 4. The zero-order chi connectivity index (χ0) is 17.1. The molecule has 2 aromatic carbocycles. The number of para-hydroxylation sites is 1. The van der Waals surface area contributed by atoms with Crippen LogP contribution in [0.5, 0.6) is 0 Å². The Morgan fingerprint density at radius 2 is 1.84 bits per heavy atom. The number of hydrogen-bond acceptors (Lipinski definition) is 3. The lowest BCUT2D eigenvalue weighted by molar-refractivity contribution is 0.0951. The summed E-state index contributed by atoms with van der Waals surface area (Å²) >= 11 is 0. The van der Waals surface area contributed by atoms with Gasteiger partial charge in [-0.05, 0) is 17.7 Å². The fourth-order valence-corrected chi connectivity index (χ4v) is 2.79. The highest BCUT2D eigenvalue weighted by molar-refractivity contribution is 6.09. The summed E-state index contributed by atoms with van der Waals surface area (Å²) in [7, 11) is 0. The van der Waals surface area contributed by atoms with E-state index >= 15 is 0 Å². The van der Waals surface area contributed by atoms with Crippen molar-refractivity contribution in [3.8, 4) is 11.1 Å². The zero-order valence-electron chi connectivity index (χ0n) is 13.3. The average Bonchev–Trinajstić information content (AvgIpc) is 3.30. The quantitative estimate of drug-likeness (QED) is 0.435. The molecule has 0 atom stereocenters. The number of furan rings is 1. The van der Waals surface area contributed by atoms with E-state index in [-0.39, 0.29) is 5.91 Å². The van der Waals surface area contributed by atoms with Crippen molar-refractivity contribution < 1.29 is 9.21 Å².